The Balaban J connectivity index is 3.10. The van der Waals surface area contributed by atoms with Gasteiger partial charge in [0.15, 0.2) is 0 Å². The van der Waals surface area contributed by atoms with E-state index in [0.717, 1.165) is 11.7 Å². The molecule has 1 nitrogen and oxygen atoms in total. The average molecular weight is 185 g/mol. The monoisotopic (exact) mass is 185 g/mol. The van der Waals surface area contributed by atoms with Gasteiger partial charge in [0.2, 0.25) is 0 Å². The van der Waals surface area contributed by atoms with E-state index in [-0.39, 0.29) is 0 Å². The number of hydrogen-bond acceptors (Lipinski definition) is 2. The van der Waals surface area contributed by atoms with E-state index in [1.807, 2.05) is 0 Å². The lowest BCUT2D eigenvalue weighted by Gasteiger charge is -2.05. The molecule has 0 saturated carbocycles. The molecule has 0 aromatic rings. The number of allylic oxidation sites excluding steroid dienone is 1. The lowest BCUT2D eigenvalue weighted by atomic mass is 10.3. The molecule has 0 amide bonds. The summed E-state index contributed by atoms with van der Waals surface area (Å²) in [5.41, 5.74) is 0. The van der Waals surface area contributed by atoms with Crippen LogP contribution in [0, 0.1) is 0 Å². The van der Waals surface area contributed by atoms with Gasteiger partial charge in [0.05, 0.1) is 0 Å². The van der Waals surface area contributed by atoms with Crippen molar-refractivity contribution in [1.29, 1.82) is 0 Å². The largest absolute Gasteiger partial charge is 0.273 e. The summed E-state index contributed by atoms with van der Waals surface area (Å²) in [6, 6.07) is 0. The first kappa shape index (κ1) is 11.8. The van der Waals surface area contributed by atoms with Gasteiger partial charge in [-0.05, 0) is 31.7 Å². The maximum Gasteiger partial charge on any atom is 0.0220 e. The Kier molecular flexibility index (Phi) is 8.68. The maximum atomic E-state index is 3.65. The third-order valence-electron chi connectivity index (χ3n) is 1.70. The van der Waals surface area contributed by atoms with E-state index in [9.17, 15) is 0 Å². The van der Waals surface area contributed by atoms with Crippen molar-refractivity contribution in [1.82, 2.24) is 0 Å². The first-order chi connectivity index (χ1) is 5.81. The quantitative estimate of drug-likeness (QED) is 0.437. The highest BCUT2D eigenvalue weighted by Gasteiger charge is 1.96. The van der Waals surface area contributed by atoms with Gasteiger partial charge in [-0.15, -0.1) is 0 Å². The Bertz CT molecular complexity index is 132. The third-order valence-corrected chi connectivity index (χ3v) is 3.13. The van der Waals surface area contributed by atoms with E-state index in [4.69, 9.17) is 0 Å². The van der Waals surface area contributed by atoms with Gasteiger partial charge in [-0.2, -0.15) is 11.8 Å². The summed E-state index contributed by atoms with van der Waals surface area (Å²) in [7, 11) is 0. The second kappa shape index (κ2) is 8.85. The first-order valence-corrected chi connectivity index (χ1v) is 5.58. The Labute approximate surface area is 80.4 Å². The molecule has 0 rings (SSSR count). The van der Waals surface area contributed by atoms with E-state index < -0.39 is 0 Å². The lowest BCUT2D eigenvalue weighted by Crippen LogP contribution is -1.93. The van der Waals surface area contributed by atoms with Gasteiger partial charge in [-0.25, -0.2) is 0 Å². The molecule has 0 aromatic carbocycles. The maximum absolute atomic E-state index is 3.65. The van der Waals surface area contributed by atoms with Crippen LogP contribution in [0.2, 0.25) is 0 Å². The van der Waals surface area contributed by atoms with Crippen molar-refractivity contribution in [2.24, 2.45) is 4.99 Å². The number of hydrogen-bond donors (Lipinski definition) is 0. The van der Waals surface area contributed by atoms with E-state index in [0.29, 0.717) is 0 Å². The zero-order valence-electron chi connectivity index (χ0n) is 8.12. The van der Waals surface area contributed by atoms with Crippen molar-refractivity contribution >= 4 is 18.5 Å². The van der Waals surface area contributed by atoms with Gasteiger partial charge in [-0.1, -0.05) is 19.9 Å². The molecule has 1 atom stereocenters. The van der Waals surface area contributed by atoms with E-state index in [1.165, 1.54) is 18.6 Å². The van der Waals surface area contributed by atoms with Gasteiger partial charge in [0.25, 0.3) is 0 Å². The number of unbranched alkanes of at least 4 members (excludes halogenated alkanes) is 1. The van der Waals surface area contributed by atoms with Crippen LogP contribution in [0.1, 0.15) is 33.1 Å². The van der Waals surface area contributed by atoms with Crippen LogP contribution in [0.25, 0.3) is 0 Å². The molecular weight excluding hydrogens is 166 g/mol. The standard InChI is InChI=1S/C10H19NS/c1-4-10(2)12-9-7-5-6-8-11-3/h6,8,10H,3-5,7,9H2,1-2H3/b8-6-. The zero-order chi connectivity index (χ0) is 9.23. The summed E-state index contributed by atoms with van der Waals surface area (Å²) in [5.74, 6) is 1.26. The fourth-order valence-corrected chi connectivity index (χ4v) is 1.72. The normalized spacial score (nSPS) is 13.5. The highest BCUT2D eigenvalue weighted by atomic mass is 32.2. The molecule has 0 saturated heterocycles. The van der Waals surface area contributed by atoms with Gasteiger partial charge < -0.3 is 0 Å². The molecule has 0 fully saturated rings. The number of rotatable bonds is 7. The predicted molar refractivity (Wildman–Crippen MR) is 60.1 cm³/mol. The third kappa shape index (κ3) is 7.86. The van der Waals surface area contributed by atoms with E-state index in [2.05, 4.69) is 43.4 Å². The number of nitrogens with zero attached hydrogens (tertiary/aromatic N) is 1. The Morgan fingerprint density at radius 1 is 1.58 bits per heavy atom. The minimum Gasteiger partial charge on any atom is -0.273 e. The SMILES string of the molecule is C=N/C=C\CCCSC(C)CC. The molecule has 0 N–H and O–H groups in total. The fourth-order valence-electron chi connectivity index (χ4n) is 0.753. The lowest BCUT2D eigenvalue weighted by molar-refractivity contribution is 0.894. The minimum atomic E-state index is 0.812. The van der Waals surface area contributed by atoms with Gasteiger partial charge in [-0.3, -0.25) is 4.99 Å². The van der Waals surface area contributed by atoms with Gasteiger partial charge in [0, 0.05) is 11.4 Å². The minimum absolute atomic E-state index is 0.812. The summed E-state index contributed by atoms with van der Waals surface area (Å²) >= 11 is 2.05. The van der Waals surface area contributed by atoms with Crippen LogP contribution in [0.3, 0.4) is 0 Å². The fraction of sp³-hybridized carbons (Fsp3) is 0.700. The molecule has 0 aliphatic carbocycles. The molecule has 0 bridgehead atoms. The van der Waals surface area contributed by atoms with Crippen molar-refractivity contribution in [2.45, 2.75) is 38.4 Å². The summed E-state index contributed by atoms with van der Waals surface area (Å²) in [6.45, 7) is 7.90. The highest BCUT2D eigenvalue weighted by molar-refractivity contribution is 7.99. The molecule has 0 spiro atoms. The van der Waals surface area contributed by atoms with Crippen molar-refractivity contribution in [3.63, 3.8) is 0 Å². The van der Waals surface area contributed by atoms with Crippen LogP contribution in [0.15, 0.2) is 17.3 Å². The molecule has 0 heterocycles. The zero-order valence-corrected chi connectivity index (χ0v) is 8.94. The highest BCUT2D eigenvalue weighted by Crippen LogP contribution is 2.15. The smallest absolute Gasteiger partial charge is 0.0220 e. The Morgan fingerprint density at radius 3 is 2.92 bits per heavy atom. The topological polar surface area (TPSA) is 12.4 Å². The molecular formula is C10H19NS. The van der Waals surface area contributed by atoms with E-state index >= 15 is 0 Å². The van der Waals surface area contributed by atoms with Crippen LogP contribution in [0.4, 0.5) is 0 Å². The molecule has 0 aromatic heterocycles. The van der Waals surface area contributed by atoms with Crippen LogP contribution < -0.4 is 0 Å². The second-order valence-corrected chi connectivity index (χ2v) is 4.35. The predicted octanol–water partition coefficient (Wildman–Crippen LogP) is 3.51. The molecule has 0 radical (unpaired) electrons. The van der Waals surface area contributed by atoms with Crippen molar-refractivity contribution in [3.05, 3.63) is 12.3 Å². The molecule has 0 aliphatic heterocycles. The summed E-state index contributed by atoms with van der Waals surface area (Å²) in [5, 5.41) is 0.812. The van der Waals surface area contributed by atoms with Gasteiger partial charge in [0.1, 0.15) is 0 Å². The van der Waals surface area contributed by atoms with Crippen molar-refractivity contribution in [3.8, 4) is 0 Å². The Morgan fingerprint density at radius 2 is 2.33 bits per heavy atom. The Hall–Kier alpha value is -0.240. The van der Waals surface area contributed by atoms with Crippen molar-refractivity contribution < 1.29 is 0 Å². The molecule has 12 heavy (non-hydrogen) atoms. The summed E-state index contributed by atoms with van der Waals surface area (Å²) in [4.78, 5) is 3.65. The molecule has 0 aliphatic rings. The molecule has 1 unspecified atom stereocenters. The number of thioether (sulfide) groups is 1. The van der Waals surface area contributed by atoms with Crippen molar-refractivity contribution in [2.75, 3.05) is 5.75 Å². The summed E-state index contributed by atoms with van der Waals surface area (Å²) < 4.78 is 0. The first-order valence-electron chi connectivity index (χ1n) is 4.53. The van der Waals surface area contributed by atoms with Crippen LogP contribution in [0.5, 0.6) is 0 Å². The second-order valence-electron chi connectivity index (χ2n) is 2.80. The average Bonchev–Trinajstić information content (AvgIpc) is 2.10. The summed E-state index contributed by atoms with van der Waals surface area (Å²) in [6.07, 6.45) is 7.50. The van der Waals surface area contributed by atoms with Crippen LogP contribution in [-0.4, -0.2) is 17.7 Å². The molecule has 70 valence electrons. The van der Waals surface area contributed by atoms with Gasteiger partial charge >= 0.3 is 0 Å². The van der Waals surface area contributed by atoms with Crippen LogP contribution in [-0.2, 0) is 0 Å². The van der Waals surface area contributed by atoms with E-state index in [1.54, 1.807) is 6.20 Å². The molecule has 2 heteroatoms. The van der Waals surface area contributed by atoms with Crippen LogP contribution >= 0.6 is 11.8 Å². The number of aliphatic imine (C=N–C) groups is 1.